The molecule has 0 radical (unpaired) electrons. The van der Waals surface area contributed by atoms with Crippen LogP contribution in [0.5, 0.6) is 0 Å². The predicted molar refractivity (Wildman–Crippen MR) is 120 cm³/mol. The highest BCUT2D eigenvalue weighted by molar-refractivity contribution is 5.92. The molecule has 2 N–H and O–H groups in total. The first-order chi connectivity index (χ1) is 14.3. The Labute approximate surface area is 183 Å². The highest BCUT2D eigenvalue weighted by Crippen LogP contribution is 2.21. The number of amides is 1. The average Bonchev–Trinajstić information content (AvgIpc) is 3.29. The summed E-state index contributed by atoms with van der Waals surface area (Å²) in [6.45, 7) is 1.95. The lowest BCUT2D eigenvalue weighted by atomic mass is 9.99. The number of nitrogens with one attached hydrogen (secondary N) is 2. The molecule has 1 amide bonds. The minimum absolute atomic E-state index is 0. The van der Waals surface area contributed by atoms with E-state index in [2.05, 4.69) is 45.2 Å². The molecule has 1 atom stereocenters. The number of aryl methyl sites for hydroxylation is 1. The maximum Gasteiger partial charge on any atom is 0.273 e. The largest absolute Gasteiger partial charge is 0.344 e. The molecule has 1 aliphatic rings. The van der Waals surface area contributed by atoms with Crippen molar-refractivity contribution in [1.82, 2.24) is 25.6 Å². The summed E-state index contributed by atoms with van der Waals surface area (Å²) in [5.41, 5.74) is 2.74. The minimum Gasteiger partial charge on any atom is -0.344 e. The van der Waals surface area contributed by atoms with E-state index >= 15 is 0 Å². The summed E-state index contributed by atoms with van der Waals surface area (Å²) in [5, 5.41) is 14.9. The van der Waals surface area contributed by atoms with Gasteiger partial charge >= 0.3 is 0 Å². The van der Waals surface area contributed by atoms with Gasteiger partial charge in [0.1, 0.15) is 0 Å². The van der Waals surface area contributed by atoms with E-state index in [1.807, 2.05) is 41.1 Å². The molecule has 2 heterocycles. The monoisotopic (exact) mass is 425 g/mol. The smallest absolute Gasteiger partial charge is 0.273 e. The van der Waals surface area contributed by atoms with Crippen molar-refractivity contribution in [2.45, 2.75) is 37.8 Å². The van der Waals surface area contributed by atoms with E-state index in [0.29, 0.717) is 11.7 Å². The van der Waals surface area contributed by atoms with Crippen molar-refractivity contribution in [2.75, 3.05) is 13.1 Å². The molecule has 4 rings (SSSR count). The Morgan fingerprint density at radius 3 is 2.43 bits per heavy atom. The van der Waals surface area contributed by atoms with Crippen LogP contribution in [0, 0.1) is 0 Å². The SMILES string of the molecule is Cl.O=C(NC(CCc1ccccc1)c1ccccc1)c1cn(C2CCNCC2)nn1. The van der Waals surface area contributed by atoms with Crippen LogP contribution in [0.25, 0.3) is 0 Å². The van der Waals surface area contributed by atoms with Crippen LogP contribution < -0.4 is 10.6 Å². The van der Waals surface area contributed by atoms with Gasteiger partial charge in [-0.1, -0.05) is 65.9 Å². The van der Waals surface area contributed by atoms with E-state index in [-0.39, 0.29) is 24.4 Å². The second kappa shape index (κ2) is 10.9. The van der Waals surface area contributed by atoms with E-state index in [1.165, 1.54) is 5.56 Å². The average molecular weight is 426 g/mol. The number of benzene rings is 2. The van der Waals surface area contributed by atoms with Gasteiger partial charge in [-0.3, -0.25) is 4.79 Å². The molecule has 1 fully saturated rings. The summed E-state index contributed by atoms with van der Waals surface area (Å²) in [6, 6.07) is 20.7. The normalized spacial score (nSPS) is 15.2. The van der Waals surface area contributed by atoms with Gasteiger partial charge in [-0.05, 0) is 49.9 Å². The zero-order valence-electron chi connectivity index (χ0n) is 16.9. The number of aromatic nitrogens is 3. The predicted octanol–water partition coefficient (Wildman–Crippen LogP) is 3.73. The first kappa shape index (κ1) is 22.0. The summed E-state index contributed by atoms with van der Waals surface area (Å²) in [6.07, 6.45) is 5.51. The van der Waals surface area contributed by atoms with Crippen LogP contribution in [0.1, 0.15) is 53.0 Å². The molecule has 2 aromatic carbocycles. The maximum atomic E-state index is 12.9. The van der Waals surface area contributed by atoms with E-state index < -0.39 is 0 Å². The molecule has 1 aliphatic heterocycles. The van der Waals surface area contributed by atoms with Crippen LogP contribution >= 0.6 is 12.4 Å². The molecule has 1 aromatic heterocycles. The van der Waals surface area contributed by atoms with Crippen LogP contribution in [0.15, 0.2) is 66.9 Å². The van der Waals surface area contributed by atoms with Crippen LogP contribution in [0.3, 0.4) is 0 Å². The zero-order valence-corrected chi connectivity index (χ0v) is 17.7. The Kier molecular flexibility index (Phi) is 7.99. The molecule has 1 saturated heterocycles. The number of piperidine rings is 1. The lowest BCUT2D eigenvalue weighted by Crippen LogP contribution is -2.30. The Bertz CT molecular complexity index is 910. The van der Waals surface area contributed by atoms with Gasteiger partial charge in [0.25, 0.3) is 5.91 Å². The van der Waals surface area contributed by atoms with Gasteiger partial charge in [-0.2, -0.15) is 0 Å². The second-order valence-electron chi connectivity index (χ2n) is 7.53. The molecule has 6 nitrogen and oxygen atoms in total. The summed E-state index contributed by atoms with van der Waals surface area (Å²) in [4.78, 5) is 12.9. The molecular formula is C23H28ClN5O. The first-order valence-electron chi connectivity index (χ1n) is 10.3. The molecule has 1 unspecified atom stereocenters. The van der Waals surface area contributed by atoms with E-state index in [0.717, 1.165) is 44.3 Å². The standard InChI is InChI=1S/C23H27N5O.ClH/c29-23(22-17-28(27-26-22)20-13-15-24-16-14-20)25-21(19-9-5-2-6-10-19)12-11-18-7-3-1-4-8-18;/h1-10,17,20-21,24H,11-16H2,(H,25,29);1H. The molecule has 0 spiro atoms. The number of hydrogen-bond acceptors (Lipinski definition) is 4. The molecular weight excluding hydrogens is 398 g/mol. The third-order valence-corrected chi connectivity index (χ3v) is 5.50. The number of hydrogen-bond donors (Lipinski definition) is 2. The summed E-state index contributed by atoms with van der Waals surface area (Å²) < 4.78 is 1.84. The Morgan fingerprint density at radius 1 is 1.07 bits per heavy atom. The first-order valence-corrected chi connectivity index (χ1v) is 10.3. The Balaban J connectivity index is 0.00000256. The third kappa shape index (κ3) is 5.68. The number of rotatable bonds is 7. The van der Waals surface area contributed by atoms with Gasteiger partial charge in [0.05, 0.1) is 18.3 Å². The zero-order chi connectivity index (χ0) is 19.9. The fourth-order valence-electron chi connectivity index (χ4n) is 3.83. The van der Waals surface area contributed by atoms with Gasteiger partial charge in [-0.15, -0.1) is 17.5 Å². The molecule has 0 saturated carbocycles. The summed E-state index contributed by atoms with van der Waals surface area (Å²) in [7, 11) is 0. The van der Waals surface area contributed by atoms with Crippen molar-refractivity contribution < 1.29 is 4.79 Å². The molecule has 158 valence electrons. The highest BCUT2D eigenvalue weighted by atomic mass is 35.5. The van der Waals surface area contributed by atoms with Crippen molar-refractivity contribution in [1.29, 1.82) is 0 Å². The van der Waals surface area contributed by atoms with Gasteiger partial charge in [-0.25, -0.2) is 4.68 Å². The molecule has 30 heavy (non-hydrogen) atoms. The summed E-state index contributed by atoms with van der Waals surface area (Å²) in [5.74, 6) is -0.174. The van der Waals surface area contributed by atoms with Gasteiger partial charge in [0.2, 0.25) is 0 Å². The minimum atomic E-state index is -0.174. The van der Waals surface area contributed by atoms with Crippen molar-refractivity contribution >= 4 is 18.3 Å². The number of carbonyl (C=O) groups is 1. The number of carbonyl (C=O) groups excluding carboxylic acids is 1. The molecule has 0 bridgehead atoms. The lowest BCUT2D eigenvalue weighted by Gasteiger charge is -2.22. The van der Waals surface area contributed by atoms with Crippen LogP contribution in [-0.4, -0.2) is 34.0 Å². The number of nitrogens with zero attached hydrogens (tertiary/aromatic N) is 3. The topological polar surface area (TPSA) is 71.8 Å². The fraction of sp³-hybridized carbons (Fsp3) is 0.348. The quantitative estimate of drug-likeness (QED) is 0.605. The second-order valence-corrected chi connectivity index (χ2v) is 7.53. The van der Waals surface area contributed by atoms with Gasteiger partial charge < -0.3 is 10.6 Å². The maximum absolute atomic E-state index is 12.9. The van der Waals surface area contributed by atoms with E-state index in [9.17, 15) is 4.79 Å². The van der Waals surface area contributed by atoms with E-state index in [4.69, 9.17) is 0 Å². The van der Waals surface area contributed by atoms with Crippen LogP contribution in [-0.2, 0) is 6.42 Å². The summed E-state index contributed by atoms with van der Waals surface area (Å²) >= 11 is 0. The Morgan fingerprint density at radius 2 is 1.73 bits per heavy atom. The molecule has 0 aliphatic carbocycles. The van der Waals surface area contributed by atoms with Crippen LogP contribution in [0.2, 0.25) is 0 Å². The lowest BCUT2D eigenvalue weighted by molar-refractivity contribution is 0.0929. The van der Waals surface area contributed by atoms with Crippen LogP contribution in [0.4, 0.5) is 0 Å². The number of halogens is 1. The molecule has 3 aromatic rings. The van der Waals surface area contributed by atoms with Crippen molar-refractivity contribution in [3.8, 4) is 0 Å². The van der Waals surface area contributed by atoms with Crippen molar-refractivity contribution in [3.63, 3.8) is 0 Å². The fourth-order valence-corrected chi connectivity index (χ4v) is 3.83. The molecule has 7 heteroatoms. The van der Waals surface area contributed by atoms with Gasteiger partial charge in [0.15, 0.2) is 5.69 Å². The Hall–Kier alpha value is -2.70. The van der Waals surface area contributed by atoms with Crippen molar-refractivity contribution in [2.24, 2.45) is 0 Å². The highest BCUT2D eigenvalue weighted by Gasteiger charge is 2.21. The van der Waals surface area contributed by atoms with Crippen molar-refractivity contribution in [3.05, 3.63) is 83.7 Å². The third-order valence-electron chi connectivity index (χ3n) is 5.50. The van der Waals surface area contributed by atoms with E-state index in [1.54, 1.807) is 6.20 Å². The van der Waals surface area contributed by atoms with Gasteiger partial charge in [0, 0.05) is 0 Å².